The maximum atomic E-state index is 14.1. The van der Waals surface area contributed by atoms with E-state index in [-0.39, 0.29) is 35.9 Å². The van der Waals surface area contributed by atoms with Gasteiger partial charge in [0.25, 0.3) is 5.62 Å². The maximum Gasteiger partial charge on any atom is 0.326 e. The minimum atomic E-state index is -0.550. The van der Waals surface area contributed by atoms with E-state index in [4.69, 9.17) is 0 Å². The van der Waals surface area contributed by atoms with Gasteiger partial charge in [0.05, 0.1) is 12.2 Å². The lowest BCUT2D eigenvalue weighted by Crippen LogP contribution is -2.24. The first-order valence-corrected chi connectivity index (χ1v) is 11.5. The van der Waals surface area contributed by atoms with Crippen LogP contribution in [0.2, 0.25) is 0 Å². The van der Waals surface area contributed by atoms with E-state index in [0.717, 1.165) is 12.8 Å². The van der Waals surface area contributed by atoms with Gasteiger partial charge in [0.15, 0.2) is 5.65 Å². The topological polar surface area (TPSA) is 136 Å². The molecule has 0 amide bonds. The van der Waals surface area contributed by atoms with Crippen molar-refractivity contribution in [3.05, 3.63) is 92.9 Å². The molecule has 0 saturated heterocycles. The molecule has 1 fully saturated rings. The number of fused-ring (bicyclic) bond motifs is 1. The van der Waals surface area contributed by atoms with Crippen molar-refractivity contribution in [3.8, 4) is 17.0 Å². The number of aromatic nitrogens is 6. The summed E-state index contributed by atoms with van der Waals surface area (Å²) in [5.74, 6) is -0.898. The van der Waals surface area contributed by atoms with Gasteiger partial charge in [0.1, 0.15) is 17.3 Å². The average Bonchev–Trinajstić information content (AvgIpc) is 3.51. The molecule has 1 aliphatic rings. The number of aromatic amines is 2. The number of rotatable bonds is 6. The molecule has 37 heavy (non-hydrogen) atoms. The maximum absolute atomic E-state index is 14.1. The molecule has 0 aliphatic heterocycles. The lowest BCUT2D eigenvalue weighted by atomic mass is 9.99. The lowest BCUT2D eigenvalue weighted by molar-refractivity contribution is 0.454. The molecule has 0 radical (unpaired) electrons. The number of hydrogen-bond acceptors (Lipinski definition) is 7. The molecule has 0 unspecified atom stereocenters. The van der Waals surface area contributed by atoms with Crippen LogP contribution in [0.1, 0.15) is 24.1 Å². The molecule has 6 rings (SSSR count). The molecular weight excluding hydrogens is 482 g/mol. The Morgan fingerprint density at radius 3 is 2.73 bits per heavy atom. The Kier molecular flexibility index (Phi) is 5.48. The number of halogens is 2. The summed E-state index contributed by atoms with van der Waals surface area (Å²) in [5.41, 5.74) is 2.23. The largest absolute Gasteiger partial charge is 0.493 e. The molecule has 1 saturated carbocycles. The second kappa shape index (κ2) is 8.97. The standard InChI is InChI=1S/C25H20F2N8O2/c26-16-3-1-2-13(8-16)19-7-4-17(27)9-14(19)11-28-23-32-21-15(10-20-22(36)33-25(37)31-20)12-29-35(21)24(34-23)30-18-5-6-18/h1-4,7-10,12,18,36H,5-6,11H2,(H,28,30,34)(H2,31,33,37). The van der Waals surface area contributed by atoms with Gasteiger partial charge in [0.2, 0.25) is 11.8 Å². The summed E-state index contributed by atoms with van der Waals surface area (Å²) in [6.45, 7) is 0.155. The van der Waals surface area contributed by atoms with Crippen LogP contribution in [-0.4, -0.2) is 40.7 Å². The second-order valence-corrected chi connectivity index (χ2v) is 8.69. The molecule has 186 valence electrons. The van der Waals surface area contributed by atoms with Gasteiger partial charge >= 0.3 is 5.69 Å². The molecule has 3 heterocycles. The summed E-state index contributed by atoms with van der Waals surface area (Å²) in [7, 11) is 0. The number of nitrogens with zero attached hydrogens (tertiary/aromatic N) is 5. The summed E-state index contributed by atoms with van der Waals surface area (Å²) < 4.78 is 29.5. The van der Waals surface area contributed by atoms with E-state index in [9.17, 15) is 18.7 Å². The Balaban J connectivity index is 1.41. The van der Waals surface area contributed by atoms with Crippen LogP contribution in [0.3, 0.4) is 0 Å². The highest BCUT2D eigenvalue weighted by molar-refractivity contribution is 5.68. The predicted octanol–water partition coefficient (Wildman–Crippen LogP) is 2.01. The molecule has 4 N–H and O–H groups in total. The average molecular weight is 502 g/mol. The lowest BCUT2D eigenvalue weighted by Gasteiger charge is -2.12. The highest BCUT2D eigenvalue weighted by atomic mass is 19.1. The van der Waals surface area contributed by atoms with Crippen molar-refractivity contribution in [3.63, 3.8) is 0 Å². The minimum Gasteiger partial charge on any atom is -0.493 e. The summed E-state index contributed by atoms with van der Waals surface area (Å²) in [6, 6.07) is 10.6. The number of nitrogens with one attached hydrogen (secondary N) is 3. The van der Waals surface area contributed by atoms with Crippen molar-refractivity contribution in [2.75, 3.05) is 5.32 Å². The zero-order valence-electron chi connectivity index (χ0n) is 19.2. The van der Waals surface area contributed by atoms with Gasteiger partial charge in [0, 0.05) is 11.8 Å². The Hall–Kier alpha value is -4.87. The predicted molar refractivity (Wildman–Crippen MR) is 130 cm³/mol. The molecule has 5 aromatic rings. The first-order valence-electron chi connectivity index (χ1n) is 11.5. The van der Waals surface area contributed by atoms with E-state index in [1.165, 1.54) is 41.1 Å². The van der Waals surface area contributed by atoms with Crippen molar-refractivity contribution in [2.24, 2.45) is 4.99 Å². The quantitative estimate of drug-likeness (QED) is 0.281. The molecule has 12 heteroatoms. The molecule has 2 aromatic carbocycles. The molecule has 1 aliphatic carbocycles. The van der Waals surface area contributed by atoms with Crippen LogP contribution in [-0.2, 0) is 6.54 Å². The van der Waals surface area contributed by atoms with Crippen LogP contribution < -0.4 is 21.8 Å². The van der Waals surface area contributed by atoms with E-state index in [2.05, 4.69) is 35.3 Å². The third kappa shape index (κ3) is 4.68. The van der Waals surface area contributed by atoms with Crippen molar-refractivity contribution in [2.45, 2.75) is 25.4 Å². The number of anilines is 1. The monoisotopic (exact) mass is 502 g/mol. The molecular formula is C25H20F2N8O2. The van der Waals surface area contributed by atoms with Gasteiger partial charge in [-0.25, -0.2) is 18.6 Å². The third-order valence-corrected chi connectivity index (χ3v) is 5.90. The Morgan fingerprint density at radius 1 is 1.14 bits per heavy atom. The SMILES string of the molecule is O=c1[nH]c(O)c(C=c2cnn3c(=NC4CC4)nc(NCc4cc(F)ccc4-c4cccc(F)c4)nc23)[nH]1. The number of aromatic hydroxyl groups is 1. The van der Waals surface area contributed by atoms with Crippen LogP contribution in [0.15, 0.2) is 58.4 Å². The highest BCUT2D eigenvalue weighted by Gasteiger charge is 2.21. The fraction of sp³-hybridized carbons (Fsp3) is 0.160. The van der Waals surface area contributed by atoms with Gasteiger partial charge in [-0.2, -0.15) is 19.6 Å². The number of H-pyrrole nitrogens is 2. The number of benzene rings is 2. The molecule has 0 bridgehead atoms. The van der Waals surface area contributed by atoms with E-state index in [0.29, 0.717) is 33.2 Å². The highest BCUT2D eigenvalue weighted by Crippen LogP contribution is 2.26. The minimum absolute atomic E-state index is 0.149. The zero-order valence-corrected chi connectivity index (χ0v) is 19.2. The van der Waals surface area contributed by atoms with Crippen molar-refractivity contribution in [1.29, 1.82) is 0 Å². The van der Waals surface area contributed by atoms with Crippen molar-refractivity contribution >= 4 is 17.7 Å². The van der Waals surface area contributed by atoms with E-state index in [1.54, 1.807) is 18.2 Å². The summed E-state index contributed by atoms with van der Waals surface area (Å²) in [5, 5.41) is 17.9. The fourth-order valence-corrected chi connectivity index (χ4v) is 3.98. The Labute approximate surface area is 207 Å². The molecule has 3 aromatic heterocycles. The Morgan fingerprint density at radius 2 is 1.97 bits per heavy atom. The van der Waals surface area contributed by atoms with Crippen LogP contribution >= 0.6 is 0 Å². The summed E-state index contributed by atoms with van der Waals surface area (Å²) in [4.78, 5) is 30.0. The van der Waals surface area contributed by atoms with Gasteiger partial charge in [-0.1, -0.05) is 18.2 Å². The smallest absolute Gasteiger partial charge is 0.326 e. The van der Waals surface area contributed by atoms with Gasteiger partial charge < -0.3 is 15.4 Å². The first kappa shape index (κ1) is 22.6. The van der Waals surface area contributed by atoms with Crippen LogP contribution in [0, 0.1) is 11.6 Å². The fourth-order valence-electron chi connectivity index (χ4n) is 3.98. The first-order chi connectivity index (χ1) is 17.9. The van der Waals surface area contributed by atoms with E-state index in [1.807, 2.05) is 0 Å². The second-order valence-electron chi connectivity index (χ2n) is 8.69. The third-order valence-electron chi connectivity index (χ3n) is 5.90. The summed E-state index contributed by atoms with van der Waals surface area (Å²) in [6.07, 6.45) is 4.96. The number of imidazole rings is 1. The van der Waals surface area contributed by atoms with Crippen molar-refractivity contribution < 1.29 is 13.9 Å². The van der Waals surface area contributed by atoms with Gasteiger partial charge in [-0.15, -0.1) is 0 Å². The van der Waals surface area contributed by atoms with Crippen molar-refractivity contribution in [1.82, 2.24) is 29.5 Å². The van der Waals surface area contributed by atoms with E-state index < -0.39 is 11.5 Å². The summed E-state index contributed by atoms with van der Waals surface area (Å²) >= 11 is 0. The molecule has 0 spiro atoms. The molecule has 10 nitrogen and oxygen atoms in total. The van der Waals surface area contributed by atoms with E-state index >= 15 is 0 Å². The van der Waals surface area contributed by atoms with Crippen LogP contribution in [0.5, 0.6) is 5.88 Å². The van der Waals surface area contributed by atoms with Gasteiger partial charge in [-0.3, -0.25) is 4.98 Å². The zero-order chi connectivity index (χ0) is 25.5. The van der Waals surface area contributed by atoms with Crippen LogP contribution in [0.4, 0.5) is 14.7 Å². The number of hydrogen-bond donors (Lipinski definition) is 4. The Bertz CT molecular complexity index is 1820. The normalized spacial score (nSPS) is 14.5. The van der Waals surface area contributed by atoms with Crippen LogP contribution in [0.25, 0.3) is 22.9 Å². The van der Waals surface area contributed by atoms with Gasteiger partial charge in [-0.05, 0) is 59.9 Å². The molecule has 0 atom stereocenters.